The maximum Gasteiger partial charge on any atom is 1.00 e. The van der Waals surface area contributed by atoms with E-state index >= 15 is 0 Å². The molecule has 154 valence electrons. The van der Waals surface area contributed by atoms with E-state index in [1.807, 2.05) is 5.32 Å². The van der Waals surface area contributed by atoms with E-state index in [4.69, 9.17) is 15.2 Å². The van der Waals surface area contributed by atoms with Gasteiger partial charge < -0.3 is 46.1 Å². The van der Waals surface area contributed by atoms with E-state index in [-0.39, 0.29) is 29.6 Å². The molecule has 0 saturated carbocycles. The molecule has 28 heavy (non-hydrogen) atoms. The van der Waals surface area contributed by atoms with Crippen molar-refractivity contribution >= 4 is 23.7 Å². The van der Waals surface area contributed by atoms with Gasteiger partial charge in [-0.25, -0.2) is 4.79 Å². The predicted octanol–water partition coefficient (Wildman–Crippen LogP) is -7.96. The van der Waals surface area contributed by atoms with Crippen LogP contribution in [0.2, 0.25) is 0 Å². The Morgan fingerprint density at radius 3 is 2.43 bits per heavy atom. The number of rotatable bonds is 7. The largest absolute Gasteiger partial charge is 1.00 e. The SMILES string of the molecule is CO[C@]1(C(=O)O)C[C@H](O)[C@@H](N=C(C)[O-])[C@H]([C@H](O)[C@H](O)CNC(=O)C(N)=O)O1.[Na+]. The molecule has 14 heteroatoms. The molecule has 1 saturated heterocycles. The van der Waals surface area contributed by atoms with Crippen molar-refractivity contribution in [2.75, 3.05) is 13.7 Å². The maximum atomic E-state index is 11.5. The maximum absolute atomic E-state index is 11.5. The molecule has 0 aromatic rings. The number of primary amides is 1. The van der Waals surface area contributed by atoms with E-state index in [2.05, 4.69) is 4.99 Å². The Kier molecular flexibility index (Phi) is 10.5. The summed E-state index contributed by atoms with van der Waals surface area (Å²) in [6.07, 6.45) is -7.55. The number of carboxylic acid groups (broad SMARTS) is 1. The van der Waals surface area contributed by atoms with Gasteiger partial charge in [-0.2, -0.15) is 0 Å². The van der Waals surface area contributed by atoms with Crippen molar-refractivity contribution < 1.29 is 78.9 Å². The zero-order chi connectivity index (χ0) is 20.9. The van der Waals surface area contributed by atoms with Crippen molar-refractivity contribution in [1.82, 2.24) is 5.32 Å². The van der Waals surface area contributed by atoms with Gasteiger partial charge in [0.25, 0.3) is 5.79 Å². The summed E-state index contributed by atoms with van der Waals surface area (Å²) in [6, 6.07) is -1.42. The van der Waals surface area contributed by atoms with Crippen LogP contribution in [0.5, 0.6) is 0 Å². The second-order valence-corrected chi connectivity index (χ2v) is 5.89. The molecule has 0 aliphatic carbocycles. The first-order valence-corrected chi connectivity index (χ1v) is 7.74. The van der Waals surface area contributed by atoms with Crippen LogP contribution >= 0.6 is 0 Å². The summed E-state index contributed by atoms with van der Waals surface area (Å²) in [4.78, 5) is 36.9. The Bertz CT molecular complexity index is 614. The van der Waals surface area contributed by atoms with Crippen molar-refractivity contribution in [3.8, 4) is 0 Å². The van der Waals surface area contributed by atoms with Crippen LogP contribution in [0.25, 0.3) is 0 Å². The normalized spacial score (nSPS) is 29.9. The number of nitrogens with two attached hydrogens (primary N) is 1. The molecule has 6 atom stereocenters. The molecule has 1 aliphatic heterocycles. The summed E-state index contributed by atoms with van der Waals surface area (Å²) in [5, 5.41) is 53.2. The zero-order valence-corrected chi connectivity index (χ0v) is 17.6. The number of nitrogens with zero attached hydrogens (tertiary/aromatic N) is 1. The molecule has 7 N–H and O–H groups in total. The number of carbonyl (C=O) groups is 3. The van der Waals surface area contributed by atoms with Crippen LogP contribution in [0.15, 0.2) is 4.99 Å². The van der Waals surface area contributed by atoms with Crippen LogP contribution in [0.3, 0.4) is 0 Å². The van der Waals surface area contributed by atoms with Crippen molar-refractivity contribution in [3.63, 3.8) is 0 Å². The molecular weight excluding hydrogens is 393 g/mol. The number of carbonyl (C=O) groups excluding carboxylic acids is 2. The number of hydrogen-bond acceptors (Lipinski definition) is 10. The van der Waals surface area contributed by atoms with Gasteiger partial charge >= 0.3 is 47.3 Å². The van der Waals surface area contributed by atoms with Crippen LogP contribution in [-0.4, -0.2) is 94.0 Å². The van der Waals surface area contributed by atoms with Crippen LogP contribution < -0.4 is 45.7 Å². The zero-order valence-electron chi connectivity index (χ0n) is 15.6. The van der Waals surface area contributed by atoms with Crippen molar-refractivity contribution in [2.24, 2.45) is 10.7 Å². The number of methoxy groups -OCH3 is 1. The molecule has 2 amide bonds. The fourth-order valence-electron chi connectivity index (χ4n) is 2.57. The van der Waals surface area contributed by atoms with Crippen molar-refractivity contribution in [3.05, 3.63) is 0 Å². The summed E-state index contributed by atoms with van der Waals surface area (Å²) in [5.74, 6) is -7.26. The Morgan fingerprint density at radius 1 is 1.43 bits per heavy atom. The van der Waals surface area contributed by atoms with Crippen molar-refractivity contribution in [2.45, 2.75) is 49.6 Å². The number of amides is 2. The second-order valence-electron chi connectivity index (χ2n) is 5.89. The average molecular weight is 415 g/mol. The molecule has 0 unspecified atom stereocenters. The van der Waals surface area contributed by atoms with Gasteiger partial charge in [0.1, 0.15) is 18.2 Å². The number of aliphatic hydroxyl groups excluding tert-OH is 3. The molecule has 0 spiro atoms. The van der Waals surface area contributed by atoms with Gasteiger partial charge in [0.15, 0.2) is 0 Å². The Hall–Kier alpha value is -1.32. The third-order valence-electron chi connectivity index (χ3n) is 3.95. The monoisotopic (exact) mass is 415 g/mol. The number of carboxylic acids is 1. The Morgan fingerprint density at radius 2 is 2.00 bits per heavy atom. The molecular formula is C14H22N3NaO10. The second kappa shape index (κ2) is 11.0. The number of ether oxygens (including phenoxy) is 2. The summed E-state index contributed by atoms with van der Waals surface area (Å²) in [6.45, 7) is 0.411. The van der Waals surface area contributed by atoms with Gasteiger partial charge in [-0.3, -0.25) is 14.6 Å². The molecule has 13 nitrogen and oxygen atoms in total. The standard InChI is InChI=1S/C14H23N3O10.Na/c1-5(18)17-8-6(19)3-14(26-2,13(24)25)27-10(8)9(21)7(20)4-16-12(23)11(15)22;/h6-10,19-21H,3-4H2,1-2H3,(H2,15,22)(H,16,23)(H,17,18)(H,24,25);/q;+1/p-1/t6-,7+,8+,9+,10+,14+;/m0./s1. The van der Waals surface area contributed by atoms with Crippen LogP contribution in [0.1, 0.15) is 13.3 Å². The minimum Gasteiger partial charge on any atom is -0.862 e. The quantitative estimate of drug-likeness (QED) is 0.0996. The predicted molar refractivity (Wildman–Crippen MR) is 84.0 cm³/mol. The molecule has 1 fully saturated rings. The topological polar surface area (TPSA) is 224 Å². The summed E-state index contributed by atoms with van der Waals surface area (Å²) in [5.41, 5.74) is 4.74. The molecule has 0 aromatic carbocycles. The average Bonchev–Trinajstić information content (AvgIpc) is 2.59. The van der Waals surface area contributed by atoms with Crippen LogP contribution in [-0.2, 0) is 23.9 Å². The Labute approximate surface area is 181 Å². The fraction of sp³-hybridized carbons (Fsp3) is 0.714. The molecule has 1 rings (SSSR count). The summed E-state index contributed by atoms with van der Waals surface area (Å²) >= 11 is 0. The number of hydrogen-bond donors (Lipinski definition) is 6. The molecule has 1 aliphatic rings. The number of aliphatic carboxylic acids is 1. The first-order valence-electron chi connectivity index (χ1n) is 7.74. The number of nitrogens with one attached hydrogen (secondary N) is 1. The van der Waals surface area contributed by atoms with Gasteiger partial charge in [-0.05, 0) is 12.8 Å². The van der Waals surface area contributed by atoms with E-state index in [0.29, 0.717) is 0 Å². The van der Waals surface area contributed by atoms with Gasteiger partial charge in [0, 0.05) is 20.1 Å². The molecule has 0 aromatic heterocycles. The van der Waals surface area contributed by atoms with Gasteiger partial charge in [-0.15, -0.1) is 0 Å². The van der Waals surface area contributed by atoms with Crippen LogP contribution in [0, 0.1) is 0 Å². The van der Waals surface area contributed by atoms with E-state index in [1.165, 1.54) is 0 Å². The minimum absolute atomic E-state index is 0. The van der Waals surface area contributed by atoms with E-state index < -0.39 is 72.9 Å². The van der Waals surface area contributed by atoms with Gasteiger partial charge in [-0.1, -0.05) is 0 Å². The smallest absolute Gasteiger partial charge is 0.862 e. The first-order chi connectivity index (χ1) is 12.4. The van der Waals surface area contributed by atoms with E-state index in [1.54, 1.807) is 0 Å². The minimum atomic E-state index is -2.36. The fourth-order valence-corrected chi connectivity index (χ4v) is 2.57. The third-order valence-corrected chi connectivity index (χ3v) is 3.95. The molecule has 0 radical (unpaired) electrons. The number of aliphatic hydroxyl groups is 3. The summed E-state index contributed by atoms with van der Waals surface area (Å²) < 4.78 is 10.1. The van der Waals surface area contributed by atoms with Crippen LogP contribution in [0.4, 0.5) is 0 Å². The van der Waals surface area contributed by atoms with Gasteiger partial charge in [0.2, 0.25) is 0 Å². The Balaban J connectivity index is 0.00000729. The van der Waals surface area contributed by atoms with E-state index in [9.17, 15) is 39.9 Å². The first kappa shape index (κ1) is 26.7. The molecule has 1 heterocycles. The molecule has 0 bridgehead atoms. The van der Waals surface area contributed by atoms with Crippen molar-refractivity contribution in [1.29, 1.82) is 0 Å². The number of aliphatic imine (C=N–C) groups is 1. The summed E-state index contributed by atoms with van der Waals surface area (Å²) in [7, 11) is 0.996. The van der Waals surface area contributed by atoms with E-state index in [0.717, 1.165) is 14.0 Å². The van der Waals surface area contributed by atoms with Gasteiger partial charge in [0.05, 0.1) is 12.2 Å². The third kappa shape index (κ3) is 6.35.